The second kappa shape index (κ2) is 4.98. The fraction of sp³-hybridized carbons (Fsp3) is 0.308. The lowest BCUT2D eigenvalue weighted by molar-refractivity contribution is 0.623. The highest BCUT2D eigenvalue weighted by Crippen LogP contribution is 2.29. The molecule has 0 amide bonds. The molecule has 2 rings (SSSR count). The number of hydrogen-bond donors (Lipinski definition) is 1. The number of aromatic nitrogens is 2. The quantitative estimate of drug-likeness (QED) is 0.926. The van der Waals surface area contributed by atoms with Gasteiger partial charge in [0.1, 0.15) is 16.7 Å². The van der Waals surface area contributed by atoms with Crippen LogP contribution >= 0.6 is 11.6 Å². The van der Waals surface area contributed by atoms with Gasteiger partial charge >= 0.3 is 0 Å². The molecule has 0 bridgehead atoms. The van der Waals surface area contributed by atoms with E-state index >= 15 is 0 Å². The Morgan fingerprint density at radius 1 is 1.33 bits per heavy atom. The van der Waals surface area contributed by atoms with Gasteiger partial charge < -0.3 is 5.73 Å². The number of nitrogens with zero attached hydrogens (tertiary/aromatic N) is 2. The van der Waals surface area contributed by atoms with Gasteiger partial charge in [0.2, 0.25) is 0 Å². The molecule has 0 radical (unpaired) electrons. The summed E-state index contributed by atoms with van der Waals surface area (Å²) in [5, 5.41) is 4.90. The van der Waals surface area contributed by atoms with Crippen LogP contribution < -0.4 is 5.73 Å². The van der Waals surface area contributed by atoms with Crippen LogP contribution in [0.15, 0.2) is 24.3 Å². The fourth-order valence-corrected chi connectivity index (χ4v) is 2.08. The summed E-state index contributed by atoms with van der Waals surface area (Å²) in [5.74, 6) is 0.409. The minimum Gasteiger partial charge on any atom is -0.383 e. The smallest absolute Gasteiger partial charge is 0.141 e. The minimum absolute atomic E-state index is 0.217. The maximum Gasteiger partial charge on any atom is 0.141 e. The second-order valence-electron chi connectivity index (χ2n) is 4.52. The van der Waals surface area contributed by atoms with E-state index in [0.717, 1.165) is 11.3 Å². The molecule has 0 unspecified atom stereocenters. The molecule has 0 fully saturated rings. The predicted octanol–water partition coefficient (Wildman–Crippen LogP) is 3.43. The Balaban J connectivity index is 2.29. The molecule has 1 heterocycles. The van der Waals surface area contributed by atoms with E-state index in [1.54, 1.807) is 16.8 Å². The van der Waals surface area contributed by atoms with Gasteiger partial charge in [-0.15, -0.1) is 0 Å². The summed E-state index contributed by atoms with van der Waals surface area (Å²) in [4.78, 5) is 0. The maximum absolute atomic E-state index is 12.8. The van der Waals surface area contributed by atoms with Crippen LogP contribution in [0.3, 0.4) is 0 Å². The Morgan fingerprint density at radius 2 is 1.94 bits per heavy atom. The molecule has 0 spiro atoms. The van der Waals surface area contributed by atoms with Crippen LogP contribution in [0.2, 0.25) is 5.02 Å². The van der Waals surface area contributed by atoms with E-state index in [1.807, 2.05) is 13.8 Å². The van der Waals surface area contributed by atoms with Gasteiger partial charge in [-0.1, -0.05) is 37.6 Å². The lowest BCUT2D eigenvalue weighted by Gasteiger charge is -2.04. The van der Waals surface area contributed by atoms with E-state index in [1.165, 1.54) is 12.1 Å². The summed E-state index contributed by atoms with van der Waals surface area (Å²) in [7, 11) is 0. The second-order valence-corrected chi connectivity index (χ2v) is 4.90. The number of anilines is 1. The molecule has 0 aliphatic carbocycles. The highest BCUT2D eigenvalue weighted by atomic mass is 35.5. The third kappa shape index (κ3) is 2.48. The van der Waals surface area contributed by atoms with Crippen molar-refractivity contribution in [1.29, 1.82) is 0 Å². The number of nitrogen functional groups attached to an aromatic ring is 1. The number of halogens is 2. The predicted molar refractivity (Wildman–Crippen MR) is 71.2 cm³/mol. The molecule has 2 N–H and O–H groups in total. The molecule has 3 nitrogen and oxygen atoms in total. The first-order chi connectivity index (χ1) is 8.49. The molecule has 0 saturated heterocycles. The third-order valence-corrected chi connectivity index (χ3v) is 3.14. The molecule has 1 aromatic heterocycles. The number of benzene rings is 1. The summed E-state index contributed by atoms with van der Waals surface area (Å²) < 4.78 is 14.5. The maximum atomic E-state index is 12.8. The zero-order chi connectivity index (χ0) is 13.3. The van der Waals surface area contributed by atoms with Crippen LogP contribution in [-0.4, -0.2) is 9.78 Å². The van der Waals surface area contributed by atoms with Crippen molar-refractivity contribution in [1.82, 2.24) is 9.78 Å². The van der Waals surface area contributed by atoms with Crippen LogP contribution in [0, 0.1) is 5.82 Å². The Kier molecular flexibility index (Phi) is 3.57. The van der Waals surface area contributed by atoms with Crippen molar-refractivity contribution in [3.05, 3.63) is 46.4 Å². The lowest BCUT2D eigenvalue weighted by atomic mass is 10.1. The van der Waals surface area contributed by atoms with E-state index in [4.69, 9.17) is 17.3 Å². The summed E-state index contributed by atoms with van der Waals surface area (Å²) in [6, 6.07) is 6.25. The third-order valence-electron chi connectivity index (χ3n) is 2.75. The Morgan fingerprint density at radius 3 is 2.44 bits per heavy atom. The average molecular weight is 268 g/mol. The molecular weight excluding hydrogens is 253 g/mol. The number of hydrogen-bond acceptors (Lipinski definition) is 2. The van der Waals surface area contributed by atoms with Gasteiger partial charge in [-0.25, -0.2) is 9.07 Å². The van der Waals surface area contributed by atoms with Gasteiger partial charge in [-0.3, -0.25) is 0 Å². The molecule has 1 aromatic carbocycles. The van der Waals surface area contributed by atoms with Crippen LogP contribution in [0.25, 0.3) is 0 Å². The first-order valence-electron chi connectivity index (χ1n) is 5.75. The molecule has 0 aliphatic heterocycles. The minimum atomic E-state index is -0.256. The van der Waals surface area contributed by atoms with Gasteiger partial charge in [-0.2, -0.15) is 5.10 Å². The molecular formula is C13H15ClFN3. The van der Waals surface area contributed by atoms with Gasteiger partial charge in [0.15, 0.2) is 0 Å². The SMILES string of the molecule is CC(C)c1nn(Cc2ccc(F)cc2)c(N)c1Cl. The van der Waals surface area contributed by atoms with Crippen molar-refractivity contribution >= 4 is 17.4 Å². The van der Waals surface area contributed by atoms with Crippen molar-refractivity contribution in [2.45, 2.75) is 26.3 Å². The van der Waals surface area contributed by atoms with E-state index < -0.39 is 0 Å². The normalized spacial score (nSPS) is 11.2. The largest absolute Gasteiger partial charge is 0.383 e. The van der Waals surface area contributed by atoms with Gasteiger partial charge in [0.25, 0.3) is 0 Å². The van der Waals surface area contributed by atoms with Crippen molar-refractivity contribution in [2.75, 3.05) is 5.73 Å². The molecule has 2 aromatic rings. The molecule has 0 aliphatic rings. The zero-order valence-electron chi connectivity index (χ0n) is 10.3. The van der Waals surface area contributed by atoms with E-state index in [-0.39, 0.29) is 11.7 Å². The molecule has 0 atom stereocenters. The molecule has 0 saturated carbocycles. The van der Waals surface area contributed by atoms with Gasteiger partial charge in [0, 0.05) is 0 Å². The molecule has 18 heavy (non-hydrogen) atoms. The summed E-state index contributed by atoms with van der Waals surface area (Å²) in [5.41, 5.74) is 7.63. The summed E-state index contributed by atoms with van der Waals surface area (Å²) in [6.07, 6.45) is 0. The molecule has 96 valence electrons. The Hall–Kier alpha value is -1.55. The van der Waals surface area contributed by atoms with Crippen LogP contribution in [0.1, 0.15) is 31.0 Å². The van der Waals surface area contributed by atoms with Crippen LogP contribution in [0.4, 0.5) is 10.2 Å². The first kappa shape index (κ1) is 12.9. The number of rotatable bonds is 3. The summed E-state index contributed by atoms with van der Waals surface area (Å²) >= 11 is 6.13. The highest BCUT2D eigenvalue weighted by molar-refractivity contribution is 6.33. The van der Waals surface area contributed by atoms with Crippen LogP contribution in [0.5, 0.6) is 0 Å². The zero-order valence-corrected chi connectivity index (χ0v) is 11.1. The fourth-order valence-electron chi connectivity index (χ4n) is 1.72. The average Bonchev–Trinajstić information content (AvgIpc) is 2.60. The van der Waals surface area contributed by atoms with E-state index in [9.17, 15) is 4.39 Å². The van der Waals surface area contributed by atoms with Crippen molar-refractivity contribution in [2.24, 2.45) is 0 Å². The lowest BCUT2D eigenvalue weighted by Crippen LogP contribution is -2.06. The van der Waals surface area contributed by atoms with E-state index in [2.05, 4.69) is 5.10 Å². The molecule has 5 heteroatoms. The Bertz CT molecular complexity index is 546. The van der Waals surface area contributed by atoms with E-state index in [0.29, 0.717) is 17.4 Å². The monoisotopic (exact) mass is 267 g/mol. The van der Waals surface area contributed by atoms with Crippen molar-refractivity contribution in [3.8, 4) is 0 Å². The van der Waals surface area contributed by atoms with Crippen molar-refractivity contribution in [3.63, 3.8) is 0 Å². The number of nitrogens with two attached hydrogens (primary N) is 1. The van der Waals surface area contributed by atoms with Gasteiger partial charge in [0.05, 0.1) is 12.2 Å². The summed E-state index contributed by atoms with van der Waals surface area (Å²) in [6.45, 7) is 4.50. The van der Waals surface area contributed by atoms with Gasteiger partial charge in [-0.05, 0) is 23.6 Å². The standard InChI is InChI=1S/C13H15ClFN3/c1-8(2)12-11(14)13(16)18(17-12)7-9-3-5-10(15)6-4-9/h3-6,8H,7,16H2,1-2H3. The topological polar surface area (TPSA) is 43.8 Å². The first-order valence-corrected chi connectivity index (χ1v) is 6.13. The Labute approximate surface area is 110 Å². The van der Waals surface area contributed by atoms with Crippen molar-refractivity contribution < 1.29 is 4.39 Å². The van der Waals surface area contributed by atoms with Crippen LogP contribution in [-0.2, 0) is 6.54 Å². The highest BCUT2D eigenvalue weighted by Gasteiger charge is 2.16.